The van der Waals surface area contributed by atoms with Crippen molar-refractivity contribution in [1.82, 2.24) is 19.1 Å². The summed E-state index contributed by atoms with van der Waals surface area (Å²) in [6, 6.07) is 2.99. The van der Waals surface area contributed by atoms with Crippen LogP contribution in [0.2, 0.25) is 0 Å². The Morgan fingerprint density at radius 3 is 1.50 bits per heavy atom. The van der Waals surface area contributed by atoms with Gasteiger partial charge in [-0.05, 0) is 25.0 Å². The SMILES string of the molecule is CCCC1(CO)O[C@@H](n2ccc(N)nc2=O)C[C@@H]1O.CCC[C@]1(CO)O[C@@H](n2ccc(N)nc2=O)C[C@@H]1O. The quantitative estimate of drug-likeness (QED) is 0.245. The van der Waals surface area contributed by atoms with Crippen LogP contribution in [0, 0.1) is 0 Å². The predicted molar refractivity (Wildman–Crippen MR) is 137 cm³/mol. The predicted octanol–water partition coefficient (Wildman–Crippen LogP) is -0.727. The second-order valence-electron chi connectivity index (χ2n) is 9.68. The van der Waals surface area contributed by atoms with Crippen molar-refractivity contribution in [2.45, 2.75) is 88.2 Å². The lowest BCUT2D eigenvalue weighted by atomic mass is 9.92. The molecule has 14 nitrogen and oxygen atoms in total. The Bertz CT molecular complexity index is 1100. The van der Waals surface area contributed by atoms with Gasteiger partial charge in [-0.3, -0.25) is 9.13 Å². The van der Waals surface area contributed by atoms with E-state index in [9.17, 15) is 30.0 Å². The van der Waals surface area contributed by atoms with E-state index in [1.807, 2.05) is 13.8 Å². The number of anilines is 2. The molecule has 6 atom stereocenters. The zero-order valence-electron chi connectivity index (χ0n) is 21.6. The number of aliphatic hydroxyl groups is 4. The van der Waals surface area contributed by atoms with E-state index in [-0.39, 0.29) is 37.7 Å². The number of nitrogens with zero attached hydrogens (tertiary/aromatic N) is 4. The molecule has 0 saturated carbocycles. The fraction of sp³-hybridized carbons (Fsp3) is 0.667. The molecule has 2 saturated heterocycles. The molecule has 2 fully saturated rings. The van der Waals surface area contributed by atoms with E-state index in [4.69, 9.17) is 20.9 Å². The molecule has 0 aliphatic carbocycles. The minimum Gasteiger partial charge on any atom is -0.393 e. The van der Waals surface area contributed by atoms with E-state index < -0.39 is 47.2 Å². The normalized spacial score (nSPS) is 30.7. The van der Waals surface area contributed by atoms with Gasteiger partial charge in [-0.1, -0.05) is 26.7 Å². The lowest BCUT2D eigenvalue weighted by Crippen LogP contribution is -2.43. The fourth-order valence-electron chi connectivity index (χ4n) is 4.98. The molecule has 4 rings (SSSR count). The monoisotopic (exact) mass is 538 g/mol. The van der Waals surface area contributed by atoms with Crippen molar-refractivity contribution in [3.63, 3.8) is 0 Å². The highest BCUT2D eigenvalue weighted by molar-refractivity contribution is 5.24. The standard InChI is InChI=1S/2C12H19N3O4/c2*1-2-4-12(7-16)8(17)6-10(19-12)15-5-3-9(13)14-11(15)18/h2*3,5,8,10,16-17H,2,4,6-7H2,1H3,(H2,13,14,18)/t8-,10+,12?;8-,10+,12+/m00/s1. The number of aliphatic hydroxyl groups excluding tert-OH is 4. The summed E-state index contributed by atoms with van der Waals surface area (Å²) in [5.41, 5.74) is 7.80. The summed E-state index contributed by atoms with van der Waals surface area (Å²) >= 11 is 0. The molecular weight excluding hydrogens is 500 g/mol. The number of nitrogen functional groups attached to an aromatic ring is 2. The summed E-state index contributed by atoms with van der Waals surface area (Å²) in [7, 11) is 0. The Hall–Kier alpha value is -2.88. The summed E-state index contributed by atoms with van der Waals surface area (Å²) < 4.78 is 14.0. The van der Waals surface area contributed by atoms with Gasteiger partial charge in [0.1, 0.15) is 35.3 Å². The van der Waals surface area contributed by atoms with Gasteiger partial charge in [-0.2, -0.15) is 9.97 Å². The number of rotatable bonds is 8. The average Bonchev–Trinajstić information content (AvgIpc) is 3.37. The van der Waals surface area contributed by atoms with Crippen molar-refractivity contribution in [1.29, 1.82) is 0 Å². The molecule has 2 aromatic heterocycles. The zero-order valence-corrected chi connectivity index (χ0v) is 21.6. The van der Waals surface area contributed by atoms with Crippen LogP contribution >= 0.6 is 0 Å². The number of nitrogens with two attached hydrogens (primary N) is 2. The maximum Gasteiger partial charge on any atom is 0.351 e. The lowest BCUT2D eigenvalue weighted by molar-refractivity contribution is -0.132. The lowest BCUT2D eigenvalue weighted by Gasteiger charge is -2.29. The van der Waals surface area contributed by atoms with Crippen LogP contribution in [0.3, 0.4) is 0 Å². The Labute approximate surface area is 219 Å². The van der Waals surface area contributed by atoms with Crippen LogP contribution in [0.15, 0.2) is 34.1 Å². The molecule has 212 valence electrons. The van der Waals surface area contributed by atoms with Crippen molar-refractivity contribution in [3.05, 3.63) is 45.5 Å². The Morgan fingerprint density at radius 2 is 1.21 bits per heavy atom. The summed E-state index contributed by atoms with van der Waals surface area (Å²) in [5.74, 6) is 0.281. The Morgan fingerprint density at radius 1 is 0.842 bits per heavy atom. The molecule has 2 aliphatic rings. The van der Waals surface area contributed by atoms with Gasteiger partial charge in [0.2, 0.25) is 0 Å². The third-order valence-electron chi connectivity index (χ3n) is 7.01. The highest BCUT2D eigenvalue weighted by Crippen LogP contribution is 2.40. The first-order valence-corrected chi connectivity index (χ1v) is 12.7. The van der Waals surface area contributed by atoms with Crippen LogP contribution in [0.25, 0.3) is 0 Å². The summed E-state index contributed by atoms with van der Waals surface area (Å²) in [6.07, 6.45) is 3.15. The molecule has 0 radical (unpaired) electrons. The van der Waals surface area contributed by atoms with Crippen molar-refractivity contribution >= 4 is 11.6 Å². The summed E-state index contributed by atoms with van der Waals surface area (Å²) in [4.78, 5) is 30.7. The molecule has 2 aliphatic heterocycles. The molecule has 2 aromatic rings. The first kappa shape index (κ1) is 29.7. The molecule has 38 heavy (non-hydrogen) atoms. The van der Waals surface area contributed by atoms with Crippen LogP contribution in [0.1, 0.15) is 64.8 Å². The first-order valence-electron chi connectivity index (χ1n) is 12.7. The molecule has 14 heteroatoms. The van der Waals surface area contributed by atoms with E-state index in [1.165, 1.54) is 33.7 Å². The van der Waals surface area contributed by atoms with Crippen molar-refractivity contribution in [3.8, 4) is 0 Å². The summed E-state index contributed by atoms with van der Waals surface area (Å²) in [6.45, 7) is 3.32. The smallest absolute Gasteiger partial charge is 0.351 e. The maximum atomic E-state index is 11.7. The number of ether oxygens (including phenoxy) is 2. The van der Waals surface area contributed by atoms with Crippen LogP contribution in [0.4, 0.5) is 11.6 Å². The molecule has 0 spiro atoms. The second kappa shape index (κ2) is 12.3. The molecule has 8 N–H and O–H groups in total. The number of aromatic nitrogens is 4. The molecule has 4 heterocycles. The van der Waals surface area contributed by atoms with Gasteiger partial charge in [0.05, 0.1) is 25.4 Å². The third-order valence-corrected chi connectivity index (χ3v) is 7.01. The van der Waals surface area contributed by atoms with Crippen LogP contribution < -0.4 is 22.8 Å². The number of hydrogen-bond acceptors (Lipinski definition) is 12. The van der Waals surface area contributed by atoms with Gasteiger partial charge in [0.25, 0.3) is 0 Å². The van der Waals surface area contributed by atoms with E-state index in [1.54, 1.807) is 0 Å². The Balaban J connectivity index is 0.000000211. The topological polar surface area (TPSA) is 221 Å². The van der Waals surface area contributed by atoms with E-state index in [0.29, 0.717) is 12.8 Å². The molecule has 0 bridgehead atoms. The molecular formula is C24H38N6O8. The van der Waals surface area contributed by atoms with Gasteiger partial charge in [0.15, 0.2) is 0 Å². The van der Waals surface area contributed by atoms with Crippen LogP contribution in [0.5, 0.6) is 0 Å². The molecule has 0 aromatic carbocycles. The molecule has 0 amide bonds. The highest BCUT2D eigenvalue weighted by atomic mass is 16.6. The van der Waals surface area contributed by atoms with Gasteiger partial charge in [0, 0.05) is 25.2 Å². The minimum atomic E-state index is -1.000. The van der Waals surface area contributed by atoms with E-state index >= 15 is 0 Å². The average molecular weight is 539 g/mol. The Kier molecular flexibility index (Phi) is 9.62. The van der Waals surface area contributed by atoms with Crippen molar-refractivity contribution in [2.24, 2.45) is 0 Å². The van der Waals surface area contributed by atoms with Crippen LogP contribution in [-0.2, 0) is 9.47 Å². The zero-order chi connectivity index (χ0) is 28.1. The first-order chi connectivity index (χ1) is 18.0. The van der Waals surface area contributed by atoms with Gasteiger partial charge < -0.3 is 41.4 Å². The van der Waals surface area contributed by atoms with Gasteiger partial charge >= 0.3 is 11.4 Å². The van der Waals surface area contributed by atoms with Crippen molar-refractivity contribution < 1.29 is 29.9 Å². The maximum absolute atomic E-state index is 11.7. The van der Waals surface area contributed by atoms with Crippen LogP contribution in [-0.4, -0.2) is 76.2 Å². The van der Waals surface area contributed by atoms with E-state index in [2.05, 4.69) is 9.97 Å². The fourth-order valence-corrected chi connectivity index (χ4v) is 4.98. The summed E-state index contributed by atoms with van der Waals surface area (Å²) in [5, 5.41) is 39.2. The van der Waals surface area contributed by atoms with Gasteiger partial charge in [-0.15, -0.1) is 0 Å². The largest absolute Gasteiger partial charge is 0.393 e. The number of hydrogen-bond donors (Lipinski definition) is 6. The van der Waals surface area contributed by atoms with E-state index in [0.717, 1.165) is 12.8 Å². The highest BCUT2D eigenvalue weighted by Gasteiger charge is 2.49. The third kappa shape index (κ3) is 6.06. The van der Waals surface area contributed by atoms with Crippen molar-refractivity contribution in [2.75, 3.05) is 24.7 Å². The minimum absolute atomic E-state index is 0.141. The molecule has 1 unspecified atom stereocenters. The second-order valence-corrected chi connectivity index (χ2v) is 9.68. The van der Waals surface area contributed by atoms with Gasteiger partial charge in [-0.25, -0.2) is 9.59 Å².